The van der Waals surface area contributed by atoms with Crippen molar-refractivity contribution in [3.8, 4) is 0 Å². The maximum Gasteiger partial charge on any atom is 2.00 e. The van der Waals surface area contributed by atoms with Crippen molar-refractivity contribution >= 4 is 10.9 Å². The summed E-state index contributed by atoms with van der Waals surface area (Å²) in [5.74, 6) is 1.42. The molecule has 1 aliphatic rings. The van der Waals surface area contributed by atoms with Crippen LogP contribution in [0.25, 0.3) is 10.9 Å². The predicted molar refractivity (Wildman–Crippen MR) is 79.0 cm³/mol. The molecule has 21 heavy (non-hydrogen) atoms. The Labute approximate surface area is 156 Å². The Morgan fingerprint density at radius 2 is 1.71 bits per heavy atom. The van der Waals surface area contributed by atoms with E-state index in [0.29, 0.717) is 0 Å². The normalized spacial score (nSPS) is 10.3. The van der Waals surface area contributed by atoms with E-state index in [4.69, 9.17) is 0 Å². The van der Waals surface area contributed by atoms with Gasteiger partial charge in [0.15, 0.2) is 0 Å². The fourth-order valence-corrected chi connectivity index (χ4v) is 1.27. The molecular formula is C17H20Cl2NTi-3. The van der Waals surface area contributed by atoms with Crippen LogP contribution in [0.4, 0.5) is 0 Å². The van der Waals surface area contributed by atoms with Gasteiger partial charge in [0, 0.05) is 0 Å². The fourth-order valence-electron chi connectivity index (χ4n) is 1.27. The van der Waals surface area contributed by atoms with E-state index in [1.54, 1.807) is 0 Å². The third-order valence-corrected chi connectivity index (χ3v) is 1.98. The number of hydrogen-bond acceptors (Lipinski definition) is 0. The minimum Gasteiger partial charge on any atom is -1.00 e. The van der Waals surface area contributed by atoms with Gasteiger partial charge in [-0.3, -0.25) is 6.08 Å². The van der Waals surface area contributed by atoms with Crippen molar-refractivity contribution in [3.05, 3.63) is 66.8 Å². The molecule has 1 N–H and O–H groups in total. The number of hydrogen-bond donors (Lipinski definition) is 1. The molecule has 0 saturated heterocycles. The van der Waals surface area contributed by atoms with E-state index in [1.165, 1.54) is 11.3 Å². The first-order chi connectivity index (χ1) is 8.70. The van der Waals surface area contributed by atoms with Crippen LogP contribution in [-0.4, -0.2) is 4.98 Å². The summed E-state index contributed by atoms with van der Waals surface area (Å²) in [6.07, 6.45) is 12.9. The molecule has 0 spiro atoms. The van der Waals surface area contributed by atoms with Crippen molar-refractivity contribution in [3.63, 3.8) is 0 Å². The Morgan fingerprint density at radius 3 is 2.14 bits per heavy atom. The molecule has 4 heteroatoms. The van der Waals surface area contributed by atoms with Gasteiger partial charge in [0.1, 0.15) is 0 Å². The Balaban J connectivity index is -0.000000238. The number of para-hydroxylation sites is 1. The molecule has 0 radical (unpaired) electrons. The van der Waals surface area contributed by atoms with Crippen molar-refractivity contribution < 1.29 is 46.5 Å². The molecule has 1 heterocycles. The first-order valence-corrected chi connectivity index (χ1v) is 6.12. The van der Waals surface area contributed by atoms with Gasteiger partial charge in [-0.25, -0.2) is 12.2 Å². The molecule has 1 aliphatic carbocycles. The molecule has 3 rings (SSSR count). The zero-order valence-electron chi connectivity index (χ0n) is 12.6. The molecule has 0 fully saturated rings. The first-order valence-electron chi connectivity index (χ1n) is 6.12. The third kappa shape index (κ3) is 13.0. The summed E-state index contributed by atoms with van der Waals surface area (Å²) in [4.78, 5) is 2.99. The molecule has 0 unspecified atom stereocenters. The Morgan fingerprint density at radius 1 is 1.10 bits per heavy atom. The third-order valence-electron chi connectivity index (χ3n) is 1.98. The molecule has 0 aliphatic heterocycles. The van der Waals surface area contributed by atoms with Gasteiger partial charge in [-0.15, -0.1) is 30.3 Å². The fraction of sp³-hybridized carbons (Fsp3) is 0.235. The van der Waals surface area contributed by atoms with Gasteiger partial charge in [-0.1, -0.05) is 12.1 Å². The molecule has 1 aromatic carbocycles. The molecule has 0 amide bonds. The molecule has 0 saturated carbocycles. The van der Waals surface area contributed by atoms with Crippen LogP contribution in [0.2, 0.25) is 0 Å². The molecule has 0 bridgehead atoms. The Bertz CT molecular complexity index is 461. The van der Waals surface area contributed by atoms with Crippen LogP contribution in [0.1, 0.15) is 27.2 Å². The van der Waals surface area contributed by atoms with Crippen LogP contribution < -0.4 is 24.8 Å². The number of fused-ring (bicyclic) bond motifs is 1. The predicted octanol–water partition coefficient (Wildman–Crippen LogP) is -1.10. The van der Waals surface area contributed by atoms with Gasteiger partial charge in [-0.05, 0) is 0 Å². The topological polar surface area (TPSA) is 15.8 Å². The smallest absolute Gasteiger partial charge is 1.00 e. The quantitative estimate of drug-likeness (QED) is 0.455. The summed E-state index contributed by atoms with van der Waals surface area (Å²) in [7, 11) is 0. The van der Waals surface area contributed by atoms with Crippen LogP contribution in [0.15, 0.2) is 48.6 Å². The van der Waals surface area contributed by atoms with E-state index in [1.807, 2.05) is 36.4 Å². The standard InChI is InChI=1S/C8H6N.C5H5.C4H9.2ClH.Ti/c1-2-4-8-7(3-1)5-6-9-8;1-2-4-5-3-1;1-4(2)3;;;/h1-5,9H;1-3H,4H2;1-3H3;2*1H;/q3*-1;;;+2/p-2. The zero-order chi connectivity index (χ0) is 13.2. The van der Waals surface area contributed by atoms with Gasteiger partial charge in [0.2, 0.25) is 0 Å². The minimum absolute atomic E-state index is 0. The Kier molecular flexibility index (Phi) is 19.3. The average Bonchev–Trinajstić information content (AvgIpc) is 3.03. The number of benzene rings is 1. The number of aromatic nitrogens is 1. The van der Waals surface area contributed by atoms with Crippen LogP contribution in [-0.2, 0) is 21.7 Å². The SMILES string of the molecule is C[C-](C)C.[C-]1=CC=CC1.[Cl-].[Cl-].[Ti+2].[c-]1cc2ccccc2[nH]1. The number of allylic oxidation sites excluding steroid dienone is 4. The van der Waals surface area contributed by atoms with Gasteiger partial charge >= 0.3 is 21.7 Å². The summed E-state index contributed by atoms with van der Waals surface area (Å²) in [6, 6.07) is 10.1. The van der Waals surface area contributed by atoms with Crippen molar-refractivity contribution in [2.24, 2.45) is 0 Å². The van der Waals surface area contributed by atoms with Gasteiger partial charge in [-0.2, -0.15) is 38.3 Å². The average molecular weight is 357 g/mol. The van der Waals surface area contributed by atoms with Crippen LogP contribution in [0.5, 0.6) is 0 Å². The largest absolute Gasteiger partial charge is 2.00 e. The zero-order valence-corrected chi connectivity index (χ0v) is 15.7. The maximum absolute atomic E-state index is 2.99. The van der Waals surface area contributed by atoms with Crippen molar-refractivity contribution in [1.82, 2.24) is 4.98 Å². The number of aromatic amines is 1. The van der Waals surface area contributed by atoms with E-state index >= 15 is 0 Å². The van der Waals surface area contributed by atoms with Crippen LogP contribution >= 0.6 is 0 Å². The summed E-state index contributed by atoms with van der Waals surface area (Å²) < 4.78 is 0. The van der Waals surface area contributed by atoms with Crippen molar-refractivity contribution in [2.45, 2.75) is 27.2 Å². The molecule has 1 aromatic heterocycles. The molecular weight excluding hydrogens is 337 g/mol. The van der Waals surface area contributed by atoms with E-state index in [0.717, 1.165) is 11.9 Å². The second-order valence-electron chi connectivity index (χ2n) is 4.50. The first kappa shape index (κ1) is 25.5. The second kappa shape index (κ2) is 15.9. The number of nitrogens with one attached hydrogen (secondary N) is 1. The van der Waals surface area contributed by atoms with E-state index < -0.39 is 0 Å². The second-order valence-corrected chi connectivity index (χ2v) is 4.50. The number of rotatable bonds is 0. The molecule has 1 nitrogen and oxygen atoms in total. The van der Waals surface area contributed by atoms with Crippen molar-refractivity contribution in [1.29, 1.82) is 0 Å². The minimum atomic E-state index is 0. The van der Waals surface area contributed by atoms with Gasteiger partial charge < -0.3 is 35.7 Å². The van der Waals surface area contributed by atoms with Crippen LogP contribution in [0, 0.1) is 18.2 Å². The molecule has 0 atom stereocenters. The monoisotopic (exact) mass is 356 g/mol. The van der Waals surface area contributed by atoms with Gasteiger partial charge in [0.25, 0.3) is 0 Å². The maximum atomic E-state index is 2.99. The van der Waals surface area contributed by atoms with E-state index in [-0.39, 0.29) is 46.5 Å². The summed E-state index contributed by atoms with van der Waals surface area (Å²) in [6.45, 7) is 6.25. The number of H-pyrrole nitrogens is 1. The van der Waals surface area contributed by atoms with Gasteiger partial charge in [0.05, 0.1) is 0 Å². The Hall–Kier alpha value is -0.466. The number of halogens is 2. The molecule has 2 aromatic rings. The van der Waals surface area contributed by atoms with E-state index in [2.05, 4.69) is 50.2 Å². The van der Waals surface area contributed by atoms with Crippen molar-refractivity contribution in [2.75, 3.05) is 0 Å². The molecule has 114 valence electrons. The summed E-state index contributed by atoms with van der Waals surface area (Å²) in [5, 5.41) is 1.22. The van der Waals surface area contributed by atoms with E-state index in [9.17, 15) is 0 Å². The van der Waals surface area contributed by atoms with Crippen LogP contribution in [0.3, 0.4) is 0 Å². The summed E-state index contributed by atoms with van der Waals surface area (Å²) >= 11 is 0. The summed E-state index contributed by atoms with van der Waals surface area (Å²) in [5.41, 5.74) is 1.15.